The predicted octanol–water partition coefficient (Wildman–Crippen LogP) is 7.20. The number of amides is 1. The first-order chi connectivity index (χ1) is 19.5. The molecule has 0 aromatic heterocycles. The van der Waals surface area contributed by atoms with Crippen molar-refractivity contribution in [3.63, 3.8) is 0 Å². The van der Waals surface area contributed by atoms with Crippen LogP contribution in [0.4, 0.5) is 10.1 Å². The maximum absolute atomic E-state index is 13.2. The number of β-lactam (4-membered cyclic amide) rings is 1. The number of carboxylic acids is 1. The molecule has 2 aromatic carbocycles. The minimum Gasteiger partial charge on any atom is -0.490 e. The summed E-state index contributed by atoms with van der Waals surface area (Å²) in [7, 11) is 0. The minimum atomic E-state index is -0.935. The van der Waals surface area contributed by atoms with E-state index < -0.39 is 11.9 Å². The zero-order chi connectivity index (χ0) is 28.3. The summed E-state index contributed by atoms with van der Waals surface area (Å²) in [5.74, 6) is -1.21. The molecule has 40 heavy (non-hydrogen) atoms. The van der Waals surface area contributed by atoms with Crippen LogP contribution in [0.2, 0.25) is 0 Å². The van der Waals surface area contributed by atoms with Crippen molar-refractivity contribution in [1.82, 2.24) is 5.32 Å². The summed E-state index contributed by atoms with van der Waals surface area (Å²) in [6, 6.07) is 14.5. The molecular weight excluding hydrogens is 507 g/mol. The van der Waals surface area contributed by atoms with E-state index in [1.165, 1.54) is 76.3 Å². The van der Waals surface area contributed by atoms with Crippen LogP contribution in [0, 0.1) is 11.7 Å². The highest BCUT2D eigenvalue weighted by Gasteiger charge is 2.48. The Hall–Kier alpha value is -3.19. The monoisotopic (exact) mass is 550 g/mol. The fourth-order valence-electron chi connectivity index (χ4n) is 6.17. The smallest absolute Gasteiger partial charge is 0.303 e. The standard InChI is InChI=1S/C21H20FNO4.C12H23N/c1-2-13-27-17-9-3-14(4-10-17)20-18(11-12-19(24)25)21(26)23(20)16-7-5-15(22)6-8-16;1-3-7-11(8-4-1)13-12-9-5-2-6-10-12/h2-10,18,20H,1,11-13H2,(H,24,25);11-13H,1-10H2/t18-,20-;/m1./s1. The quantitative estimate of drug-likeness (QED) is 0.242. The molecule has 6 nitrogen and oxygen atoms in total. The zero-order valence-corrected chi connectivity index (χ0v) is 23.4. The van der Waals surface area contributed by atoms with Crippen molar-refractivity contribution in [3.05, 3.63) is 72.6 Å². The van der Waals surface area contributed by atoms with Gasteiger partial charge in [-0.1, -0.05) is 63.3 Å². The molecule has 2 atom stereocenters. The predicted molar refractivity (Wildman–Crippen MR) is 156 cm³/mol. The molecule has 0 bridgehead atoms. The van der Waals surface area contributed by atoms with Crippen molar-refractivity contribution >= 4 is 17.6 Å². The van der Waals surface area contributed by atoms with Crippen LogP contribution in [0.5, 0.6) is 5.75 Å². The van der Waals surface area contributed by atoms with Crippen molar-refractivity contribution in [2.45, 2.75) is 95.2 Å². The van der Waals surface area contributed by atoms with E-state index in [2.05, 4.69) is 11.9 Å². The molecule has 2 aromatic rings. The number of hydrogen-bond donors (Lipinski definition) is 2. The molecule has 0 radical (unpaired) electrons. The van der Waals surface area contributed by atoms with Crippen molar-refractivity contribution < 1.29 is 23.8 Å². The van der Waals surface area contributed by atoms with Gasteiger partial charge in [0.05, 0.1) is 12.0 Å². The van der Waals surface area contributed by atoms with Crippen LogP contribution in [0.25, 0.3) is 0 Å². The second-order valence-electron chi connectivity index (χ2n) is 11.2. The van der Waals surface area contributed by atoms with Gasteiger partial charge in [-0.15, -0.1) is 0 Å². The SMILES string of the molecule is C1CCC(NC2CCCCC2)CC1.C=CCOc1ccc([C@@H]2[C@@H](CCC(=O)O)C(=O)N2c2ccc(F)cc2)cc1. The van der Waals surface area contributed by atoms with Crippen LogP contribution in [0.1, 0.15) is 88.7 Å². The Morgan fingerprint density at radius 1 is 0.950 bits per heavy atom. The van der Waals surface area contributed by atoms with E-state index in [0.717, 1.165) is 17.6 Å². The van der Waals surface area contributed by atoms with Crippen molar-refractivity contribution in [2.24, 2.45) is 5.92 Å². The lowest BCUT2D eigenvalue weighted by Gasteiger charge is -2.47. The number of nitrogens with one attached hydrogen (secondary N) is 1. The van der Waals surface area contributed by atoms with Gasteiger partial charge in [0.2, 0.25) is 5.91 Å². The Morgan fingerprint density at radius 2 is 1.52 bits per heavy atom. The number of hydrogen-bond acceptors (Lipinski definition) is 4. The second kappa shape index (κ2) is 15.0. The van der Waals surface area contributed by atoms with Crippen molar-refractivity contribution in [2.75, 3.05) is 11.5 Å². The number of ether oxygens (including phenoxy) is 1. The number of nitrogens with zero attached hydrogens (tertiary/aromatic N) is 1. The largest absolute Gasteiger partial charge is 0.490 e. The number of rotatable bonds is 10. The Morgan fingerprint density at radius 3 is 2.05 bits per heavy atom. The molecule has 0 spiro atoms. The van der Waals surface area contributed by atoms with Gasteiger partial charge in [-0.3, -0.25) is 9.59 Å². The Kier molecular flexibility index (Phi) is 11.2. The highest BCUT2D eigenvalue weighted by molar-refractivity contribution is 6.03. The van der Waals surface area contributed by atoms with Gasteiger partial charge in [0, 0.05) is 24.2 Å². The molecule has 3 aliphatic rings. The van der Waals surface area contributed by atoms with E-state index in [-0.39, 0.29) is 30.6 Å². The second-order valence-corrected chi connectivity index (χ2v) is 11.2. The zero-order valence-electron chi connectivity index (χ0n) is 23.4. The van der Waals surface area contributed by atoms with Gasteiger partial charge in [-0.05, 0) is 74.1 Å². The first kappa shape index (κ1) is 29.8. The number of benzene rings is 2. The van der Waals surface area contributed by atoms with E-state index in [9.17, 15) is 14.0 Å². The van der Waals surface area contributed by atoms with Crippen LogP contribution < -0.4 is 15.0 Å². The van der Waals surface area contributed by atoms with Crippen LogP contribution >= 0.6 is 0 Å². The van der Waals surface area contributed by atoms with Gasteiger partial charge >= 0.3 is 5.97 Å². The fourth-order valence-corrected chi connectivity index (χ4v) is 6.17. The fraction of sp³-hybridized carbons (Fsp3) is 0.515. The molecule has 1 aliphatic heterocycles. The average Bonchev–Trinajstić information content (AvgIpc) is 2.97. The van der Waals surface area contributed by atoms with E-state index in [0.29, 0.717) is 18.0 Å². The summed E-state index contributed by atoms with van der Waals surface area (Å²) in [4.78, 5) is 25.2. The van der Waals surface area contributed by atoms with Gasteiger partial charge in [0.1, 0.15) is 18.2 Å². The topological polar surface area (TPSA) is 78.9 Å². The number of halogens is 1. The molecule has 0 unspecified atom stereocenters. The Balaban J connectivity index is 0.000000236. The highest BCUT2D eigenvalue weighted by Crippen LogP contribution is 2.45. The van der Waals surface area contributed by atoms with Gasteiger partial charge in [0.15, 0.2) is 0 Å². The van der Waals surface area contributed by atoms with Crippen molar-refractivity contribution in [1.29, 1.82) is 0 Å². The molecule has 2 saturated carbocycles. The summed E-state index contributed by atoms with van der Waals surface area (Å²) < 4.78 is 18.7. The summed E-state index contributed by atoms with van der Waals surface area (Å²) in [5, 5.41) is 12.8. The molecule has 1 amide bonds. The summed E-state index contributed by atoms with van der Waals surface area (Å²) in [6.07, 6.45) is 16.4. The van der Waals surface area contributed by atoms with E-state index >= 15 is 0 Å². The molecule has 5 rings (SSSR count). The normalized spacial score (nSPS) is 21.6. The Labute approximate surface area is 237 Å². The van der Waals surface area contributed by atoms with Gasteiger partial charge in [0.25, 0.3) is 0 Å². The van der Waals surface area contributed by atoms with Gasteiger partial charge in [-0.25, -0.2) is 4.39 Å². The molecule has 1 heterocycles. The van der Waals surface area contributed by atoms with E-state index in [1.807, 2.05) is 12.1 Å². The maximum atomic E-state index is 13.2. The summed E-state index contributed by atoms with van der Waals surface area (Å²) in [6.45, 7) is 4.00. The van der Waals surface area contributed by atoms with Gasteiger partial charge in [-0.2, -0.15) is 0 Å². The van der Waals surface area contributed by atoms with Gasteiger partial charge < -0.3 is 20.1 Å². The summed E-state index contributed by atoms with van der Waals surface area (Å²) in [5.41, 5.74) is 1.46. The number of anilines is 1. The lowest BCUT2D eigenvalue weighted by molar-refractivity contribution is -0.138. The molecule has 2 N–H and O–H groups in total. The van der Waals surface area contributed by atoms with Crippen LogP contribution in [-0.2, 0) is 9.59 Å². The number of carbonyl (C=O) groups is 2. The van der Waals surface area contributed by atoms with Crippen molar-refractivity contribution in [3.8, 4) is 5.75 Å². The average molecular weight is 551 g/mol. The number of aliphatic carboxylic acids is 1. The molecule has 3 fully saturated rings. The minimum absolute atomic E-state index is 0.0787. The lowest BCUT2D eigenvalue weighted by atomic mass is 9.79. The molecule has 7 heteroatoms. The first-order valence-electron chi connectivity index (χ1n) is 14.9. The number of carbonyl (C=O) groups excluding carboxylic acids is 1. The van der Waals surface area contributed by atoms with Crippen LogP contribution in [0.3, 0.4) is 0 Å². The lowest BCUT2D eigenvalue weighted by Crippen LogP contribution is -2.55. The molecule has 2 aliphatic carbocycles. The third kappa shape index (κ3) is 8.17. The third-order valence-corrected chi connectivity index (χ3v) is 8.26. The maximum Gasteiger partial charge on any atom is 0.303 e. The molecule has 216 valence electrons. The van der Waals surface area contributed by atoms with Crippen LogP contribution in [0.15, 0.2) is 61.2 Å². The molecule has 1 saturated heterocycles. The summed E-state index contributed by atoms with van der Waals surface area (Å²) >= 11 is 0. The first-order valence-corrected chi connectivity index (χ1v) is 14.9. The third-order valence-electron chi connectivity index (χ3n) is 8.26. The highest BCUT2D eigenvalue weighted by atomic mass is 19.1. The molecular formula is C33H43FN2O4. The van der Waals surface area contributed by atoms with E-state index in [4.69, 9.17) is 9.84 Å². The van der Waals surface area contributed by atoms with E-state index in [1.54, 1.807) is 35.2 Å². The Bertz CT molecular complexity index is 1080. The van der Waals surface area contributed by atoms with Crippen LogP contribution in [-0.4, -0.2) is 35.7 Å². The number of carboxylic acid groups (broad SMARTS) is 1.